The number of phenols is 1. The fourth-order valence-electron chi connectivity index (χ4n) is 4.13. The number of anilines is 2. The largest absolute Gasteiger partial charge is 0.507 e. The van der Waals surface area contributed by atoms with Crippen LogP contribution in [0.4, 0.5) is 24.5 Å². The second-order valence-corrected chi connectivity index (χ2v) is 8.62. The fraction of sp³-hybridized carbons (Fsp3) is 0.222. The summed E-state index contributed by atoms with van der Waals surface area (Å²) in [4.78, 5) is 6.43. The van der Waals surface area contributed by atoms with Gasteiger partial charge in [0, 0.05) is 45.7 Å². The van der Waals surface area contributed by atoms with Crippen LogP contribution >= 0.6 is 11.6 Å². The van der Waals surface area contributed by atoms with Crippen molar-refractivity contribution in [2.45, 2.75) is 26.6 Å². The van der Waals surface area contributed by atoms with Gasteiger partial charge in [0.1, 0.15) is 5.75 Å². The molecule has 2 N–H and O–H groups in total. The molecule has 8 heteroatoms. The summed E-state index contributed by atoms with van der Waals surface area (Å²) in [7, 11) is 0. The van der Waals surface area contributed by atoms with Crippen LogP contribution in [0.3, 0.4) is 0 Å². The lowest BCUT2D eigenvalue weighted by Gasteiger charge is -2.22. The lowest BCUT2D eigenvalue weighted by Crippen LogP contribution is -2.22. The Labute approximate surface area is 207 Å². The minimum atomic E-state index is -4.56. The molecule has 1 aromatic heterocycles. The number of nitrogens with one attached hydrogen (secondary N) is 1. The molecule has 0 atom stereocenters. The van der Waals surface area contributed by atoms with Crippen molar-refractivity contribution in [1.29, 1.82) is 0 Å². The number of rotatable bonds is 7. The maximum absolute atomic E-state index is 13.8. The zero-order valence-corrected chi connectivity index (χ0v) is 20.1. The van der Waals surface area contributed by atoms with Gasteiger partial charge in [-0.15, -0.1) is 0 Å². The quantitative estimate of drug-likeness (QED) is 0.254. The van der Waals surface area contributed by atoms with Gasteiger partial charge in [-0.3, -0.25) is 9.88 Å². The van der Waals surface area contributed by atoms with E-state index in [-0.39, 0.29) is 16.9 Å². The van der Waals surface area contributed by atoms with Crippen molar-refractivity contribution in [1.82, 2.24) is 9.88 Å². The number of aromatic nitrogens is 1. The van der Waals surface area contributed by atoms with Crippen molar-refractivity contribution in [3.63, 3.8) is 0 Å². The predicted octanol–water partition coefficient (Wildman–Crippen LogP) is 7.87. The molecule has 0 spiro atoms. The number of hydrogen-bond donors (Lipinski definition) is 2. The Morgan fingerprint density at radius 2 is 1.71 bits per heavy atom. The highest BCUT2D eigenvalue weighted by Crippen LogP contribution is 2.43. The number of alkyl halides is 3. The standard InChI is InChI=1S/C27H25ClF3N3O/c1-3-34(4-2)16-17-13-19(33-24-11-12-32-25-14-18(28)9-10-21(24)25)15-22(26(17)35)20-7-5-6-8-23(20)27(29,30)31/h5-15,35H,3-4,16H2,1-2H3,(H,32,33). The number of pyridine rings is 1. The van der Waals surface area contributed by atoms with E-state index in [4.69, 9.17) is 11.6 Å². The Kier molecular flexibility index (Phi) is 7.19. The minimum Gasteiger partial charge on any atom is -0.507 e. The molecule has 0 aliphatic rings. The van der Waals surface area contributed by atoms with Crippen molar-refractivity contribution in [2.24, 2.45) is 0 Å². The Morgan fingerprint density at radius 3 is 2.43 bits per heavy atom. The Morgan fingerprint density at radius 1 is 0.971 bits per heavy atom. The Balaban J connectivity index is 1.88. The zero-order valence-electron chi connectivity index (χ0n) is 19.3. The number of benzene rings is 3. The molecule has 0 unspecified atom stereocenters. The van der Waals surface area contributed by atoms with E-state index in [0.717, 1.165) is 30.2 Å². The van der Waals surface area contributed by atoms with E-state index in [1.54, 1.807) is 36.5 Å². The van der Waals surface area contributed by atoms with Crippen LogP contribution in [0.25, 0.3) is 22.0 Å². The van der Waals surface area contributed by atoms with Crippen molar-refractivity contribution in [3.05, 3.63) is 83.0 Å². The van der Waals surface area contributed by atoms with Crippen molar-refractivity contribution >= 4 is 33.9 Å². The molecule has 1 heterocycles. The third kappa shape index (κ3) is 5.36. The lowest BCUT2D eigenvalue weighted by atomic mass is 9.95. The molecule has 4 rings (SSSR count). The van der Waals surface area contributed by atoms with Gasteiger partial charge in [-0.05, 0) is 61.1 Å². The third-order valence-electron chi connectivity index (χ3n) is 5.98. The van der Waals surface area contributed by atoms with Gasteiger partial charge in [0.15, 0.2) is 0 Å². The molecule has 0 aliphatic carbocycles. The third-order valence-corrected chi connectivity index (χ3v) is 6.22. The van der Waals surface area contributed by atoms with Crippen LogP contribution in [-0.4, -0.2) is 28.1 Å². The van der Waals surface area contributed by atoms with E-state index in [9.17, 15) is 18.3 Å². The zero-order chi connectivity index (χ0) is 25.2. The van der Waals surface area contributed by atoms with Crippen LogP contribution in [-0.2, 0) is 12.7 Å². The molecule has 4 nitrogen and oxygen atoms in total. The second-order valence-electron chi connectivity index (χ2n) is 8.18. The first-order chi connectivity index (χ1) is 16.7. The molecule has 0 aliphatic heterocycles. The minimum absolute atomic E-state index is 0.0756. The van der Waals surface area contributed by atoms with Crippen LogP contribution in [0.5, 0.6) is 5.75 Å². The molecule has 182 valence electrons. The molecule has 0 saturated heterocycles. The van der Waals surface area contributed by atoms with Crippen molar-refractivity contribution in [2.75, 3.05) is 18.4 Å². The molecule has 0 saturated carbocycles. The summed E-state index contributed by atoms with van der Waals surface area (Å²) in [6.07, 6.45) is -2.93. The molecule has 4 aromatic rings. The van der Waals surface area contributed by atoms with E-state index < -0.39 is 11.7 Å². The van der Waals surface area contributed by atoms with Crippen molar-refractivity contribution in [3.8, 4) is 16.9 Å². The molecule has 3 aromatic carbocycles. The molecule has 0 radical (unpaired) electrons. The fourth-order valence-corrected chi connectivity index (χ4v) is 4.30. The van der Waals surface area contributed by atoms with Gasteiger partial charge in [0.05, 0.1) is 11.1 Å². The Hall–Kier alpha value is -3.29. The highest BCUT2D eigenvalue weighted by molar-refractivity contribution is 6.31. The highest BCUT2D eigenvalue weighted by Gasteiger charge is 2.34. The van der Waals surface area contributed by atoms with Gasteiger partial charge in [-0.2, -0.15) is 13.2 Å². The number of fused-ring (bicyclic) bond motifs is 1. The van der Waals surface area contributed by atoms with E-state index >= 15 is 0 Å². The summed E-state index contributed by atoms with van der Waals surface area (Å²) >= 11 is 6.10. The van der Waals surface area contributed by atoms with Crippen LogP contribution < -0.4 is 5.32 Å². The average Bonchev–Trinajstić information content (AvgIpc) is 2.83. The first kappa shape index (κ1) is 24.8. The SMILES string of the molecule is CCN(CC)Cc1cc(Nc2ccnc3cc(Cl)ccc23)cc(-c2ccccc2C(F)(F)F)c1O. The highest BCUT2D eigenvalue weighted by atomic mass is 35.5. The average molecular weight is 500 g/mol. The van der Waals surface area contributed by atoms with E-state index in [1.165, 1.54) is 18.2 Å². The first-order valence-corrected chi connectivity index (χ1v) is 11.6. The summed E-state index contributed by atoms with van der Waals surface area (Å²) in [5, 5.41) is 15.8. The lowest BCUT2D eigenvalue weighted by molar-refractivity contribution is -0.137. The summed E-state index contributed by atoms with van der Waals surface area (Å²) < 4.78 is 41.5. The molecule has 0 amide bonds. The molecule has 0 fully saturated rings. The van der Waals surface area contributed by atoms with Gasteiger partial charge >= 0.3 is 6.18 Å². The van der Waals surface area contributed by atoms with Gasteiger partial charge in [0.25, 0.3) is 0 Å². The number of phenolic OH excluding ortho intramolecular Hbond substituents is 1. The van der Waals surface area contributed by atoms with E-state index in [2.05, 4.69) is 15.2 Å². The number of aromatic hydroxyl groups is 1. The van der Waals surface area contributed by atoms with Crippen LogP contribution in [0.15, 0.2) is 66.9 Å². The summed E-state index contributed by atoms with van der Waals surface area (Å²) in [6.45, 7) is 5.85. The summed E-state index contributed by atoms with van der Waals surface area (Å²) in [5.41, 5.74) is 1.74. The first-order valence-electron chi connectivity index (χ1n) is 11.3. The van der Waals surface area contributed by atoms with Crippen LogP contribution in [0.2, 0.25) is 5.02 Å². The van der Waals surface area contributed by atoms with Crippen LogP contribution in [0.1, 0.15) is 25.0 Å². The second kappa shape index (κ2) is 10.1. The molecule has 0 bridgehead atoms. The molecule has 35 heavy (non-hydrogen) atoms. The maximum Gasteiger partial charge on any atom is 0.417 e. The van der Waals surface area contributed by atoms with Crippen LogP contribution in [0, 0.1) is 0 Å². The monoisotopic (exact) mass is 499 g/mol. The number of halogens is 4. The van der Waals surface area contributed by atoms with E-state index in [0.29, 0.717) is 28.3 Å². The number of nitrogens with zero attached hydrogens (tertiary/aromatic N) is 2. The van der Waals surface area contributed by atoms with Gasteiger partial charge in [0.2, 0.25) is 0 Å². The number of hydrogen-bond acceptors (Lipinski definition) is 4. The summed E-state index contributed by atoms with van der Waals surface area (Å²) in [6, 6.07) is 15.7. The van der Waals surface area contributed by atoms with Gasteiger partial charge in [-0.25, -0.2) is 0 Å². The Bertz CT molecular complexity index is 1350. The van der Waals surface area contributed by atoms with Gasteiger partial charge < -0.3 is 10.4 Å². The smallest absolute Gasteiger partial charge is 0.417 e. The topological polar surface area (TPSA) is 48.4 Å². The van der Waals surface area contributed by atoms with Gasteiger partial charge in [-0.1, -0.05) is 43.6 Å². The predicted molar refractivity (Wildman–Crippen MR) is 135 cm³/mol. The van der Waals surface area contributed by atoms with Crippen molar-refractivity contribution < 1.29 is 18.3 Å². The maximum atomic E-state index is 13.8. The van der Waals surface area contributed by atoms with E-state index in [1.807, 2.05) is 19.9 Å². The normalized spacial score (nSPS) is 11.9. The summed E-state index contributed by atoms with van der Waals surface area (Å²) in [5.74, 6) is -0.162. The molecular weight excluding hydrogens is 475 g/mol. The molecular formula is C27H25ClF3N3O.